The van der Waals surface area contributed by atoms with E-state index in [1.165, 1.54) is 12.4 Å². The molecule has 2 aromatic heterocycles. The van der Waals surface area contributed by atoms with Gasteiger partial charge in [0.2, 0.25) is 10.0 Å². The van der Waals surface area contributed by atoms with Crippen molar-refractivity contribution < 1.29 is 8.42 Å². The minimum atomic E-state index is -3.51. The first-order valence-corrected chi connectivity index (χ1v) is 6.47. The van der Waals surface area contributed by atoms with Crippen LogP contribution in [0.25, 0.3) is 0 Å². The second-order valence-electron chi connectivity index (χ2n) is 3.53. The van der Waals surface area contributed by atoms with Crippen LogP contribution < -0.4 is 4.72 Å². The quantitative estimate of drug-likeness (QED) is 0.833. The molecule has 2 N–H and O–H groups in total. The molecule has 7 heteroatoms. The summed E-state index contributed by atoms with van der Waals surface area (Å²) in [7, 11) is -3.51. The zero-order valence-electron chi connectivity index (χ0n) is 9.21. The average Bonchev–Trinajstić information content (AvgIpc) is 2.81. The Morgan fingerprint density at radius 3 is 2.88 bits per heavy atom. The molecule has 0 saturated heterocycles. The molecule has 0 saturated carbocycles. The van der Waals surface area contributed by atoms with Gasteiger partial charge < -0.3 is 0 Å². The maximum atomic E-state index is 11.8. The van der Waals surface area contributed by atoms with Crippen molar-refractivity contribution in [3.05, 3.63) is 42.0 Å². The van der Waals surface area contributed by atoms with Gasteiger partial charge in [0.25, 0.3) is 0 Å². The lowest BCUT2D eigenvalue weighted by molar-refractivity contribution is 0.580. The highest BCUT2D eigenvalue weighted by atomic mass is 32.2. The fraction of sp³-hybridized carbons (Fsp3) is 0.200. The van der Waals surface area contributed by atoms with E-state index < -0.39 is 10.0 Å². The predicted molar refractivity (Wildman–Crippen MR) is 61.6 cm³/mol. The molecule has 6 nitrogen and oxygen atoms in total. The van der Waals surface area contributed by atoms with Gasteiger partial charge in [-0.3, -0.25) is 10.1 Å². The van der Waals surface area contributed by atoms with E-state index in [1.807, 2.05) is 19.1 Å². The van der Waals surface area contributed by atoms with Gasteiger partial charge >= 0.3 is 0 Å². The summed E-state index contributed by atoms with van der Waals surface area (Å²) in [5, 5.41) is 6.06. The van der Waals surface area contributed by atoms with Crippen LogP contribution >= 0.6 is 0 Å². The topological polar surface area (TPSA) is 87.7 Å². The molecule has 0 bridgehead atoms. The molecule has 0 fully saturated rings. The van der Waals surface area contributed by atoms with Crippen molar-refractivity contribution in [1.82, 2.24) is 19.9 Å². The van der Waals surface area contributed by atoms with E-state index in [1.54, 1.807) is 6.07 Å². The average molecular weight is 252 g/mol. The van der Waals surface area contributed by atoms with Gasteiger partial charge in [-0.05, 0) is 19.1 Å². The fourth-order valence-corrected chi connectivity index (χ4v) is 2.24. The van der Waals surface area contributed by atoms with E-state index in [0.29, 0.717) is 5.69 Å². The molecule has 17 heavy (non-hydrogen) atoms. The number of aromatic amines is 1. The number of sulfonamides is 1. The minimum Gasteiger partial charge on any atom is -0.284 e. The van der Waals surface area contributed by atoms with Crippen molar-refractivity contribution in [2.75, 3.05) is 0 Å². The van der Waals surface area contributed by atoms with Crippen LogP contribution in [0.1, 0.15) is 11.4 Å². The molecule has 2 rings (SSSR count). The molecule has 0 atom stereocenters. The number of pyridine rings is 1. The van der Waals surface area contributed by atoms with Gasteiger partial charge in [0, 0.05) is 11.9 Å². The number of rotatable bonds is 4. The molecule has 0 aliphatic carbocycles. The number of hydrogen-bond donors (Lipinski definition) is 2. The Morgan fingerprint density at radius 1 is 1.41 bits per heavy atom. The van der Waals surface area contributed by atoms with E-state index in [0.717, 1.165) is 5.69 Å². The van der Waals surface area contributed by atoms with Gasteiger partial charge in [-0.15, -0.1) is 0 Å². The highest BCUT2D eigenvalue weighted by Crippen LogP contribution is 2.05. The summed E-state index contributed by atoms with van der Waals surface area (Å²) < 4.78 is 26.0. The predicted octanol–water partition coefficient (Wildman–Crippen LogP) is 0.592. The first-order chi connectivity index (χ1) is 8.08. The molecule has 0 amide bonds. The van der Waals surface area contributed by atoms with Gasteiger partial charge in [0.05, 0.1) is 18.4 Å². The van der Waals surface area contributed by atoms with Crippen LogP contribution in [-0.2, 0) is 16.6 Å². The Labute approximate surface area is 99.1 Å². The molecule has 2 aromatic rings. The van der Waals surface area contributed by atoms with Gasteiger partial charge in [-0.2, -0.15) is 5.10 Å². The van der Waals surface area contributed by atoms with E-state index in [2.05, 4.69) is 19.9 Å². The molecule has 0 unspecified atom stereocenters. The van der Waals surface area contributed by atoms with Crippen molar-refractivity contribution in [3.8, 4) is 0 Å². The van der Waals surface area contributed by atoms with E-state index in [-0.39, 0.29) is 11.4 Å². The third kappa shape index (κ3) is 2.89. The SMILES string of the molecule is Cc1cccc(CNS(=O)(=O)c2cn[nH]c2)n1. The summed E-state index contributed by atoms with van der Waals surface area (Å²) in [6.07, 6.45) is 2.58. The van der Waals surface area contributed by atoms with Crippen LogP contribution in [0.5, 0.6) is 0 Å². The maximum Gasteiger partial charge on any atom is 0.244 e. The lowest BCUT2D eigenvalue weighted by Gasteiger charge is -2.04. The summed E-state index contributed by atoms with van der Waals surface area (Å²) in [6.45, 7) is 2.02. The first kappa shape index (κ1) is 11.7. The third-order valence-electron chi connectivity index (χ3n) is 2.17. The Morgan fingerprint density at radius 2 is 2.24 bits per heavy atom. The first-order valence-electron chi connectivity index (χ1n) is 4.99. The Balaban J connectivity index is 2.08. The van der Waals surface area contributed by atoms with Crippen molar-refractivity contribution in [2.45, 2.75) is 18.4 Å². The van der Waals surface area contributed by atoms with Crippen molar-refractivity contribution in [3.63, 3.8) is 0 Å². The molecule has 0 aliphatic heterocycles. The molecule has 0 spiro atoms. The Bertz CT molecular complexity index is 593. The second kappa shape index (κ2) is 4.64. The van der Waals surface area contributed by atoms with Gasteiger partial charge in [-0.1, -0.05) is 6.07 Å². The van der Waals surface area contributed by atoms with Gasteiger partial charge in [-0.25, -0.2) is 13.1 Å². The van der Waals surface area contributed by atoms with Gasteiger partial charge in [0.1, 0.15) is 4.90 Å². The van der Waals surface area contributed by atoms with Crippen LogP contribution in [0, 0.1) is 6.92 Å². The summed E-state index contributed by atoms with van der Waals surface area (Å²) in [5.74, 6) is 0. The molecule has 90 valence electrons. The standard InChI is InChI=1S/C10H12N4O2S/c1-8-3-2-4-9(14-8)5-13-17(15,16)10-6-11-12-7-10/h2-4,6-7,13H,5H2,1H3,(H,11,12). The highest BCUT2D eigenvalue weighted by molar-refractivity contribution is 7.89. The zero-order chi connectivity index (χ0) is 12.3. The highest BCUT2D eigenvalue weighted by Gasteiger charge is 2.14. The van der Waals surface area contributed by atoms with Crippen LogP contribution in [0.2, 0.25) is 0 Å². The van der Waals surface area contributed by atoms with Crippen molar-refractivity contribution >= 4 is 10.0 Å². The number of nitrogens with zero attached hydrogens (tertiary/aromatic N) is 2. The number of hydrogen-bond acceptors (Lipinski definition) is 4. The number of nitrogens with one attached hydrogen (secondary N) is 2. The number of aromatic nitrogens is 3. The monoisotopic (exact) mass is 252 g/mol. The summed E-state index contributed by atoms with van der Waals surface area (Å²) in [5.41, 5.74) is 1.53. The van der Waals surface area contributed by atoms with E-state index in [9.17, 15) is 8.42 Å². The van der Waals surface area contributed by atoms with Crippen LogP contribution in [0.3, 0.4) is 0 Å². The molecular weight excluding hydrogens is 240 g/mol. The van der Waals surface area contributed by atoms with E-state index >= 15 is 0 Å². The molecule has 2 heterocycles. The Kier molecular flexibility index (Phi) is 3.21. The normalized spacial score (nSPS) is 11.6. The number of H-pyrrole nitrogens is 1. The lowest BCUT2D eigenvalue weighted by atomic mass is 10.3. The smallest absolute Gasteiger partial charge is 0.244 e. The second-order valence-corrected chi connectivity index (χ2v) is 5.30. The summed E-state index contributed by atoms with van der Waals surface area (Å²) in [4.78, 5) is 4.32. The molecule has 0 aromatic carbocycles. The third-order valence-corrected chi connectivity index (χ3v) is 3.54. The number of aryl methyl sites for hydroxylation is 1. The summed E-state index contributed by atoms with van der Waals surface area (Å²) >= 11 is 0. The van der Waals surface area contributed by atoms with E-state index in [4.69, 9.17) is 0 Å². The largest absolute Gasteiger partial charge is 0.284 e. The van der Waals surface area contributed by atoms with Crippen molar-refractivity contribution in [2.24, 2.45) is 0 Å². The maximum absolute atomic E-state index is 11.8. The van der Waals surface area contributed by atoms with Crippen LogP contribution in [0.15, 0.2) is 35.5 Å². The molecule has 0 aliphatic rings. The molecular formula is C10H12N4O2S. The minimum absolute atomic E-state index is 0.116. The van der Waals surface area contributed by atoms with Gasteiger partial charge in [0.15, 0.2) is 0 Å². The summed E-state index contributed by atoms with van der Waals surface area (Å²) in [6, 6.07) is 5.46. The fourth-order valence-electron chi connectivity index (χ4n) is 1.34. The lowest BCUT2D eigenvalue weighted by Crippen LogP contribution is -2.23. The van der Waals surface area contributed by atoms with Crippen LogP contribution in [-0.4, -0.2) is 23.6 Å². The van der Waals surface area contributed by atoms with Crippen molar-refractivity contribution in [1.29, 1.82) is 0 Å². The molecule has 0 radical (unpaired) electrons. The van der Waals surface area contributed by atoms with Crippen LogP contribution in [0.4, 0.5) is 0 Å². The Hall–Kier alpha value is -1.73. The zero-order valence-corrected chi connectivity index (χ0v) is 10.0.